The van der Waals surface area contributed by atoms with Crippen LogP contribution >= 0.6 is 0 Å². The maximum absolute atomic E-state index is 13.5. The van der Waals surface area contributed by atoms with E-state index >= 15 is 0 Å². The standard InChI is InChI=1S/C21H19FN2O2S/c1-3-24-20-7-5-4-6-17(20)18-13-15(8-11-21(18)24)23-27(25,26)16-9-10-19(22)14(2)12-16/h4-13,23H,3H2,1-2H3. The molecule has 4 rings (SSSR count). The average Bonchev–Trinajstić information content (AvgIpc) is 2.96. The van der Waals surface area contributed by atoms with Gasteiger partial charge in [-0.15, -0.1) is 0 Å². The van der Waals surface area contributed by atoms with Crippen LogP contribution in [0.15, 0.2) is 65.6 Å². The van der Waals surface area contributed by atoms with Crippen LogP contribution in [0, 0.1) is 12.7 Å². The molecule has 0 radical (unpaired) electrons. The number of para-hydroxylation sites is 1. The lowest BCUT2D eigenvalue weighted by Crippen LogP contribution is -2.13. The Morgan fingerprint density at radius 3 is 2.44 bits per heavy atom. The van der Waals surface area contributed by atoms with E-state index in [0.717, 1.165) is 28.4 Å². The molecule has 0 saturated carbocycles. The molecular formula is C21H19FN2O2S. The molecular weight excluding hydrogens is 363 g/mol. The first-order chi connectivity index (χ1) is 12.9. The first-order valence-electron chi connectivity index (χ1n) is 8.70. The predicted molar refractivity (Wildman–Crippen MR) is 107 cm³/mol. The molecule has 0 unspecified atom stereocenters. The van der Waals surface area contributed by atoms with Crippen molar-refractivity contribution < 1.29 is 12.8 Å². The maximum atomic E-state index is 13.5. The average molecular weight is 382 g/mol. The number of hydrogen-bond acceptors (Lipinski definition) is 2. The van der Waals surface area contributed by atoms with Gasteiger partial charge in [-0.2, -0.15) is 0 Å². The van der Waals surface area contributed by atoms with Crippen LogP contribution in [0.25, 0.3) is 21.8 Å². The quantitative estimate of drug-likeness (QED) is 0.536. The third kappa shape index (κ3) is 2.96. The number of nitrogens with zero attached hydrogens (tertiary/aromatic N) is 1. The zero-order valence-electron chi connectivity index (χ0n) is 15.0. The van der Waals surface area contributed by atoms with Crippen LogP contribution in [-0.2, 0) is 16.6 Å². The van der Waals surface area contributed by atoms with Gasteiger partial charge >= 0.3 is 0 Å². The summed E-state index contributed by atoms with van der Waals surface area (Å²) in [5.74, 6) is -0.428. The summed E-state index contributed by atoms with van der Waals surface area (Å²) in [5, 5.41) is 2.07. The van der Waals surface area contributed by atoms with Crippen molar-refractivity contribution >= 4 is 37.5 Å². The monoisotopic (exact) mass is 382 g/mol. The molecule has 0 aliphatic carbocycles. The zero-order valence-corrected chi connectivity index (χ0v) is 15.8. The zero-order chi connectivity index (χ0) is 19.2. The summed E-state index contributed by atoms with van der Waals surface area (Å²) in [7, 11) is -3.80. The first-order valence-corrected chi connectivity index (χ1v) is 10.2. The smallest absolute Gasteiger partial charge is 0.261 e. The highest BCUT2D eigenvalue weighted by Gasteiger charge is 2.17. The molecule has 1 heterocycles. The van der Waals surface area contributed by atoms with E-state index in [-0.39, 0.29) is 4.90 Å². The van der Waals surface area contributed by atoms with Crippen LogP contribution in [-0.4, -0.2) is 13.0 Å². The van der Waals surface area contributed by atoms with Gasteiger partial charge < -0.3 is 4.57 Å². The van der Waals surface area contributed by atoms with Gasteiger partial charge in [-0.05, 0) is 61.9 Å². The van der Waals surface area contributed by atoms with E-state index in [1.165, 1.54) is 18.2 Å². The van der Waals surface area contributed by atoms with E-state index in [1.54, 1.807) is 13.0 Å². The number of sulfonamides is 1. The fourth-order valence-electron chi connectivity index (χ4n) is 3.46. The minimum atomic E-state index is -3.80. The van der Waals surface area contributed by atoms with Gasteiger partial charge in [0.15, 0.2) is 0 Å². The molecule has 0 spiro atoms. The Morgan fingerprint density at radius 1 is 0.963 bits per heavy atom. The molecule has 27 heavy (non-hydrogen) atoms. The van der Waals surface area contributed by atoms with E-state index in [9.17, 15) is 12.8 Å². The molecule has 4 aromatic rings. The molecule has 0 amide bonds. The number of benzene rings is 3. The lowest BCUT2D eigenvalue weighted by Gasteiger charge is -2.10. The topological polar surface area (TPSA) is 51.1 Å². The fraction of sp³-hybridized carbons (Fsp3) is 0.143. The summed E-state index contributed by atoms with van der Waals surface area (Å²) in [6.45, 7) is 4.45. The number of halogens is 1. The van der Waals surface area contributed by atoms with E-state index in [4.69, 9.17) is 0 Å². The molecule has 0 aliphatic heterocycles. The van der Waals surface area contributed by atoms with E-state index in [0.29, 0.717) is 11.3 Å². The van der Waals surface area contributed by atoms with Crippen molar-refractivity contribution in [2.24, 2.45) is 0 Å². The summed E-state index contributed by atoms with van der Waals surface area (Å²) in [4.78, 5) is 0.0393. The van der Waals surface area contributed by atoms with Crippen LogP contribution in [0.1, 0.15) is 12.5 Å². The van der Waals surface area contributed by atoms with Gasteiger partial charge in [0.05, 0.1) is 4.90 Å². The number of fused-ring (bicyclic) bond motifs is 3. The van der Waals surface area contributed by atoms with Crippen molar-refractivity contribution in [3.8, 4) is 0 Å². The molecule has 1 N–H and O–H groups in total. The molecule has 0 atom stereocenters. The SMILES string of the molecule is CCn1c2ccccc2c2cc(NS(=O)(=O)c3ccc(F)c(C)c3)ccc21. The van der Waals surface area contributed by atoms with Gasteiger partial charge in [0.25, 0.3) is 10.0 Å². The Balaban J connectivity index is 1.80. The summed E-state index contributed by atoms with van der Waals surface area (Å²) in [6, 6.07) is 17.3. The Morgan fingerprint density at radius 2 is 1.70 bits per heavy atom. The molecule has 138 valence electrons. The lowest BCUT2D eigenvalue weighted by molar-refractivity contribution is 0.598. The number of hydrogen-bond donors (Lipinski definition) is 1. The van der Waals surface area contributed by atoms with Crippen molar-refractivity contribution in [3.63, 3.8) is 0 Å². The number of nitrogens with one attached hydrogen (secondary N) is 1. The molecule has 3 aromatic carbocycles. The van der Waals surface area contributed by atoms with Gasteiger partial charge in [0.2, 0.25) is 0 Å². The van der Waals surface area contributed by atoms with Gasteiger partial charge in [0, 0.05) is 34.0 Å². The highest BCUT2D eigenvalue weighted by Crippen LogP contribution is 2.31. The molecule has 0 fully saturated rings. The number of anilines is 1. The van der Waals surface area contributed by atoms with Crippen LogP contribution in [0.4, 0.5) is 10.1 Å². The van der Waals surface area contributed by atoms with Gasteiger partial charge in [-0.1, -0.05) is 18.2 Å². The highest BCUT2D eigenvalue weighted by molar-refractivity contribution is 7.92. The van der Waals surface area contributed by atoms with Crippen LogP contribution in [0.2, 0.25) is 0 Å². The van der Waals surface area contributed by atoms with E-state index < -0.39 is 15.8 Å². The Hall–Kier alpha value is -2.86. The second-order valence-electron chi connectivity index (χ2n) is 6.51. The van der Waals surface area contributed by atoms with Crippen molar-refractivity contribution in [1.82, 2.24) is 4.57 Å². The molecule has 0 saturated heterocycles. The lowest BCUT2D eigenvalue weighted by atomic mass is 10.1. The minimum Gasteiger partial charge on any atom is -0.341 e. The van der Waals surface area contributed by atoms with Crippen LogP contribution in [0.5, 0.6) is 0 Å². The predicted octanol–water partition coefficient (Wildman–Crippen LogP) is 5.06. The number of rotatable bonds is 4. The molecule has 0 bridgehead atoms. The van der Waals surface area contributed by atoms with Crippen molar-refractivity contribution in [1.29, 1.82) is 0 Å². The summed E-state index contributed by atoms with van der Waals surface area (Å²) >= 11 is 0. The second-order valence-corrected chi connectivity index (χ2v) is 8.19. The van der Waals surface area contributed by atoms with Gasteiger partial charge in [-0.3, -0.25) is 4.72 Å². The van der Waals surface area contributed by atoms with Crippen LogP contribution < -0.4 is 4.72 Å². The van der Waals surface area contributed by atoms with Crippen molar-refractivity contribution in [3.05, 3.63) is 72.0 Å². The number of aromatic nitrogens is 1. The Bertz CT molecular complexity index is 1280. The summed E-state index contributed by atoms with van der Waals surface area (Å²) in [5.41, 5.74) is 2.94. The third-order valence-corrected chi connectivity index (χ3v) is 6.16. The Kier molecular flexibility index (Phi) is 4.15. The van der Waals surface area contributed by atoms with Gasteiger partial charge in [0.1, 0.15) is 5.82 Å². The van der Waals surface area contributed by atoms with Gasteiger partial charge in [-0.25, -0.2) is 12.8 Å². The molecule has 4 nitrogen and oxygen atoms in total. The molecule has 0 aliphatic rings. The second kappa shape index (κ2) is 6.39. The fourth-order valence-corrected chi connectivity index (χ4v) is 4.59. The molecule has 1 aromatic heterocycles. The highest BCUT2D eigenvalue weighted by atomic mass is 32.2. The number of aryl methyl sites for hydroxylation is 2. The van der Waals surface area contributed by atoms with Crippen molar-refractivity contribution in [2.45, 2.75) is 25.3 Å². The largest absolute Gasteiger partial charge is 0.341 e. The molecule has 6 heteroatoms. The Labute approximate surface area is 157 Å². The summed E-state index contributed by atoms with van der Waals surface area (Å²) in [6.07, 6.45) is 0. The van der Waals surface area contributed by atoms with Crippen LogP contribution in [0.3, 0.4) is 0 Å². The minimum absolute atomic E-state index is 0.0393. The first kappa shape index (κ1) is 17.5. The maximum Gasteiger partial charge on any atom is 0.261 e. The normalized spacial score (nSPS) is 12.0. The third-order valence-electron chi connectivity index (χ3n) is 4.78. The summed E-state index contributed by atoms with van der Waals surface area (Å²) < 4.78 is 43.6. The van der Waals surface area contributed by atoms with Crippen molar-refractivity contribution in [2.75, 3.05) is 4.72 Å². The van der Waals surface area contributed by atoms with E-state index in [1.807, 2.05) is 30.3 Å². The van der Waals surface area contributed by atoms with E-state index in [2.05, 4.69) is 22.3 Å².